The number of rotatable bonds is 6. The number of guanidine groups is 1. The molecule has 0 unspecified atom stereocenters. The minimum absolute atomic E-state index is 0.0893. The van der Waals surface area contributed by atoms with E-state index in [1.807, 2.05) is 0 Å². The minimum atomic E-state index is -5.26. The Kier molecular flexibility index (Phi) is 9.79. The Morgan fingerprint density at radius 3 is 1.22 bits per heavy atom. The molecule has 0 saturated carbocycles. The van der Waals surface area contributed by atoms with E-state index in [9.17, 15) is 52.7 Å². The molecule has 4 aromatic carbocycles. The predicted molar refractivity (Wildman–Crippen MR) is 199 cm³/mol. The number of hydrogen-bond acceptors (Lipinski definition) is 7. The summed E-state index contributed by atoms with van der Waals surface area (Å²) >= 11 is 0. The van der Waals surface area contributed by atoms with Crippen LogP contribution in [0.4, 0.5) is 64.1 Å². The molecule has 3 heterocycles. The summed E-state index contributed by atoms with van der Waals surface area (Å²) in [5, 5.41) is 0. The molecule has 4 aromatic rings. The number of anilines is 2. The highest BCUT2D eigenvalue weighted by Crippen LogP contribution is 2.43. The van der Waals surface area contributed by atoms with Crippen LogP contribution in [0.1, 0.15) is 44.5 Å². The Morgan fingerprint density at radius 1 is 0.441 bits per heavy atom. The third kappa shape index (κ3) is 8.05. The van der Waals surface area contributed by atoms with Crippen LogP contribution in [0.5, 0.6) is 0 Å². The van der Waals surface area contributed by atoms with Gasteiger partial charge in [0.15, 0.2) is 23.3 Å². The molecule has 59 heavy (non-hydrogen) atoms. The molecule has 3 aliphatic rings. The standard InChI is InChI=1S/C40H27F12N7/c1-57(2)28-9-5-20(6-10-28)30-19-31(21-7-11-29(12-8-21)58(3)4)35-54-33(23-15-26(39(47,48)49)18-27(16-23)40(50,51)52)56-36-55-32(53-34(30)59(35)36)22-13-24(37(41,42)43)17-25(14-22)38(44,45)46/h5-19H,1-4H3. The van der Waals surface area contributed by atoms with Gasteiger partial charge in [0.2, 0.25) is 5.96 Å². The molecular formula is C40H27F12N7. The topological polar surface area (TPSA) is 59.2 Å². The molecule has 0 N–H and O–H groups in total. The molecule has 0 aliphatic carbocycles. The van der Waals surface area contributed by atoms with Crippen LogP contribution < -0.4 is 9.80 Å². The lowest BCUT2D eigenvalue weighted by Gasteiger charge is -2.36. The van der Waals surface area contributed by atoms with Crippen molar-refractivity contribution in [2.24, 2.45) is 20.0 Å². The van der Waals surface area contributed by atoms with Gasteiger partial charge in [-0.2, -0.15) is 62.7 Å². The molecule has 0 atom stereocenters. The monoisotopic (exact) mass is 833 g/mol. The van der Waals surface area contributed by atoms with Gasteiger partial charge >= 0.3 is 24.7 Å². The number of alkyl halides is 12. The highest BCUT2D eigenvalue weighted by atomic mass is 19.4. The molecular weight excluding hydrogens is 806 g/mol. The normalized spacial score (nSPS) is 15.9. The van der Waals surface area contributed by atoms with E-state index in [4.69, 9.17) is 0 Å². The number of halogens is 12. The van der Waals surface area contributed by atoms with E-state index in [2.05, 4.69) is 20.0 Å². The molecule has 0 saturated heterocycles. The van der Waals surface area contributed by atoms with Gasteiger partial charge < -0.3 is 9.80 Å². The summed E-state index contributed by atoms with van der Waals surface area (Å²) < 4.78 is 168. The van der Waals surface area contributed by atoms with E-state index < -0.39 is 75.7 Å². The summed E-state index contributed by atoms with van der Waals surface area (Å²) in [5.74, 6) is -2.34. The van der Waals surface area contributed by atoms with E-state index in [-0.39, 0.29) is 34.9 Å². The fourth-order valence-corrected chi connectivity index (χ4v) is 6.32. The highest BCUT2D eigenvalue weighted by Gasteiger charge is 2.42. The van der Waals surface area contributed by atoms with E-state index >= 15 is 0 Å². The van der Waals surface area contributed by atoms with Crippen LogP contribution in [0.25, 0.3) is 11.1 Å². The van der Waals surface area contributed by atoms with Gasteiger partial charge in [-0.05, 0) is 77.9 Å². The van der Waals surface area contributed by atoms with Crippen molar-refractivity contribution in [2.75, 3.05) is 38.0 Å². The van der Waals surface area contributed by atoms with Crippen molar-refractivity contribution in [1.82, 2.24) is 4.90 Å². The van der Waals surface area contributed by atoms with E-state index in [0.717, 1.165) is 11.4 Å². The zero-order valence-corrected chi connectivity index (χ0v) is 30.8. The largest absolute Gasteiger partial charge is 0.416 e. The van der Waals surface area contributed by atoms with Gasteiger partial charge in [0, 0.05) is 61.8 Å². The maximum Gasteiger partial charge on any atom is 0.416 e. The van der Waals surface area contributed by atoms with E-state index in [0.29, 0.717) is 35.4 Å². The summed E-state index contributed by atoms with van der Waals surface area (Å²) in [4.78, 5) is 22.2. The summed E-state index contributed by atoms with van der Waals surface area (Å²) in [6.07, 6.45) is -19.5. The second-order valence-corrected chi connectivity index (χ2v) is 13.8. The first-order valence-corrected chi connectivity index (χ1v) is 17.1. The van der Waals surface area contributed by atoms with Crippen LogP contribution in [0.2, 0.25) is 0 Å². The molecule has 7 rings (SSSR count). The minimum Gasteiger partial charge on any atom is -0.378 e. The third-order valence-corrected chi connectivity index (χ3v) is 9.31. The second-order valence-electron chi connectivity index (χ2n) is 13.8. The molecule has 0 radical (unpaired) electrons. The van der Waals surface area contributed by atoms with Crippen molar-refractivity contribution in [2.45, 2.75) is 24.7 Å². The van der Waals surface area contributed by atoms with Gasteiger partial charge in [0.1, 0.15) is 0 Å². The second kappa shape index (κ2) is 14.2. The molecule has 0 bridgehead atoms. The highest BCUT2D eigenvalue weighted by molar-refractivity contribution is 6.37. The maximum absolute atomic E-state index is 14.0. The Morgan fingerprint density at radius 2 is 0.831 bits per heavy atom. The molecule has 3 aliphatic heterocycles. The van der Waals surface area contributed by atoms with E-state index in [1.54, 1.807) is 92.6 Å². The van der Waals surface area contributed by atoms with Crippen LogP contribution in [-0.2, 0) is 24.7 Å². The first-order valence-electron chi connectivity index (χ1n) is 17.1. The Hall–Kier alpha value is -6.40. The molecule has 0 fully saturated rings. The zero-order chi connectivity index (χ0) is 43.0. The smallest absolute Gasteiger partial charge is 0.378 e. The Balaban J connectivity index is 1.56. The average molecular weight is 834 g/mol. The van der Waals surface area contributed by atoms with Gasteiger partial charge in [0.25, 0.3) is 0 Å². The first-order chi connectivity index (χ1) is 27.4. The summed E-state index contributed by atoms with van der Waals surface area (Å²) in [7, 11) is 7.13. The quantitative estimate of drug-likeness (QED) is 0.182. The molecule has 0 spiro atoms. The van der Waals surface area contributed by atoms with Crippen molar-refractivity contribution in [3.05, 3.63) is 141 Å². The predicted octanol–water partition coefficient (Wildman–Crippen LogP) is 10.6. The maximum atomic E-state index is 14.0. The van der Waals surface area contributed by atoms with Crippen molar-refractivity contribution in [3.8, 4) is 0 Å². The SMILES string of the molecule is CN(C)c1ccc(C2=CC(c3ccc(N(C)C)cc3)=C3N=C(c4cc(C(F)(F)F)cc(C(F)(F)F)c4)N=C4N=C(c5cc(C(F)(F)F)cc(C(F)(F)F)c5)N=C2N43)cc1. The van der Waals surface area contributed by atoms with Crippen LogP contribution in [0.3, 0.4) is 0 Å². The lowest BCUT2D eigenvalue weighted by Crippen LogP contribution is -2.44. The molecule has 7 nitrogen and oxygen atoms in total. The number of allylic oxidation sites excluding steroid dienone is 2. The number of nitrogens with zero attached hydrogens (tertiary/aromatic N) is 7. The number of amidine groups is 3. The first kappa shape index (κ1) is 40.8. The summed E-state index contributed by atoms with van der Waals surface area (Å²) in [6, 6.07) is 15.0. The summed E-state index contributed by atoms with van der Waals surface area (Å²) in [5.41, 5.74) is -5.39. The van der Waals surface area contributed by atoms with Crippen LogP contribution in [0, 0.1) is 0 Å². The zero-order valence-electron chi connectivity index (χ0n) is 30.8. The number of hydrogen-bond donors (Lipinski definition) is 0. The van der Waals surface area contributed by atoms with Gasteiger partial charge in [-0.15, -0.1) is 0 Å². The summed E-state index contributed by atoms with van der Waals surface area (Å²) in [6.45, 7) is 0. The third-order valence-electron chi connectivity index (χ3n) is 9.31. The fraction of sp³-hybridized carbons (Fsp3) is 0.200. The molecule has 19 heteroatoms. The number of benzene rings is 4. The molecule has 306 valence electrons. The van der Waals surface area contributed by atoms with Gasteiger partial charge in [-0.3, -0.25) is 0 Å². The Bertz CT molecular complexity index is 2470. The number of aliphatic imine (C=N–C) groups is 4. The van der Waals surface area contributed by atoms with Gasteiger partial charge in [-0.1, -0.05) is 24.3 Å². The fourth-order valence-electron chi connectivity index (χ4n) is 6.32. The van der Waals surface area contributed by atoms with Crippen LogP contribution >= 0.6 is 0 Å². The molecule has 0 amide bonds. The van der Waals surface area contributed by atoms with E-state index in [1.165, 1.54) is 4.90 Å². The van der Waals surface area contributed by atoms with Crippen molar-refractivity contribution in [1.29, 1.82) is 0 Å². The van der Waals surface area contributed by atoms with Crippen LogP contribution in [0.15, 0.2) is 117 Å². The van der Waals surface area contributed by atoms with Crippen molar-refractivity contribution >= 4 is 46.0 Å². The van der Waals surface area contributed by atoms with Gasteiger partial charge in [-0.25, -0.2) is 14.9 Å². The van der Waals surface area contributed by atoms with Crippen molar-refractivity contribution in [3.63, 3.8) is 0 Å². The van der Waals surface area contributed by atoms with Gasteiger partial charge in [0.05, 0.1) is 22.3 Å². The lowest BCUT2D eigenvalue weighted by molar-refractivity contribution is -0.144. The van der Waals surface area contributed by atoms with Crippen LogP contribution in [-0.4, -0.2) is 56.6 Å². The van der Waals surface area contributed by atoms with Crippen molar-refractivity contribution < 1.29 is 52.7 Å². The molecule has 0 aromatic heterocycles. The average Bonchev–Trinajstić information content (AvgIpc) is 3.16. The Labute approximate surface area is 327 Å². The lowest BCUT2D eigenvalue weighted by atomic mass is 9.93.